The molecule has 0 aliphatic heterocycles. The van der Waals surface area contributed by atoms with E-state index in [1.807, 2.05) is 6.92 Å². The van der Waals surface area contributed by atoms with Crippen LogP contribution in [0.3, 0.4) is 0 Å². The van der Waals surface area contributed by atoms with Crippen LogP contribution in [-0.2, 0) is 4.79 Å². The van der Waals surface area contributed by atoms with Crippen molar-refractivity contribution in [1.82, 2.24) is 5.32 Å². The molecule has 1 aromatic carbocycles. The molecule has 0 spiro atoms. The zero-order chi connectivity index (χ0) is 17.3. The first-order valence-electron chi connectivity index (χ1n) is 7.61. The van der Waals surface area contributed by atoms with Crippen molar-refractivity contribution in [2.45, 2.75) is 49.5 Å². The van der Waals surface area contributed by atoms with Gasteiger partial charge in [0.1, 0.15) is 10.6 Å². The fourth-order valence-electron chi connectivity index (χ4n) is 2.78. The summed E-state index contributed by atoms with van der Waals surface area (Å²) in [7, 11) is 0. The Kier molecular flexibility index (Phi) is 5.06. The molecular formula is C17H23FN2O2S. The van der Waals surface area contributed by atoms with Gasteiger partial charge in [-0.2, -0.15) is 0 Å². The molecule has 1 aromatic rings. The summed E-state index contributed by atoms with van der Waals surface area (Å²) in [6.45, 7) is 7.35. The third-order valence-electron chi connectivity index (χ3n) is 4.62. The van der Waals surface area contributed by atoms with Gasteiger partial charge in [-0.3, -0.25) is 4.79 Å². The summed E-state index contributed by atoms with van der Waals surface area (Å²) < 4.78 is 12.7. The Hall–Kier alpha value is -1.53. The Morgan fingerprint density at radius 2 is 2.13 bits per heavy atom. The van der Waals surface area contributed by atoms with Gasteiger partial charge in [-0.1, -0.05) is 36.5 Å². The molecule has 0 aromatic heterocycles. The predicted molar refractivity (Wildman–Crippen MR) is 91.1 cm³/mol. The number of carbonyl (C=O) groups excluding carboxylic acids is 1. The molecule has 0 radical (unpaired) electrons. The number of thioether (sulfide) groups is 1. The van der Waals surface area contributed by atoms with Crippen LogP contribution in [0.1, 0.15) is 44.7 Å². The second-order valence-electron chi connectivity index (χ2n) is 6.20. The average Bonchev–Trinajstić information content (AvgIpc) is 2.44. The van der Waals surface area contributed by atoms with E-state index in [9.17, 15) is 14.3 Å². The van der Waals surface area contributed by atoms with Gasteiger partial charge in [0.25, 0.3) is 0 Å². The lowest BCUT2D eigenvalue weighted by atomic mass is 9.71. The minimum Gasteiger partial charge on any atom is -0.388 e. The molecule has 2 atom stereocenters. The lowest BCUT2D eigenvalue weighted by Gasteiger charge is -2.48. The van der Waals surface area contributed by atoms with Crippen molar-refractivity contribution in [3.63, 3.8) is 0 Å². The molecule has 4 nitrogen and oxygen atoms in total. The number of aliphatic hydroxyl groups is 1. The first-order chi connectivity index (χ1) is 10.7. The number of rotatable bonds is 7. The van der Waals surface area contributed by atoms with Crippen LogP contribution >= 0.6 is 11.8 Å². The Bertz CT molecular complexity index is 618. The zero-order valence-corrected chi connectivity index (χ0v) is 14.3. The number of hydrogen-bond acceptors (Lipinski definition) is 4. The number of amides is 1. The van der Waals surface area contributed by atoms with Gasteiger partial charge in [0.2, 0.25) is 5.91 Å². The van der Waals surface area contributed by atoms with Crippen LogP contribution in [-0.4, -0.2) is 21.4 Å². The van der Waals surface area contributed by atoms with Crippen LogP contribution in [0.15, 0.2) is 35.9 Å². The number of nitrogens with two attached hydrogens (primary N) is 1. The lowest BCUT2D eigenvalue weighted by Crippen LogP contribution is -2.61. The molecule has 1 fully saturated rings. The zero-order valence-electron chi connectivity index (χ0n) is 13.4. The molecule has 0 unspecified atom stereocenters. The number of primary amides is 1. The van der Waals surface area contributed by atoms with E-state index in [0.717, 1.165) is 18.2 Å². The molecule has 0 bridgehead atoms. The van der Waals surface area contributed by atoms with E-state index < -0.39 is 16.3 Å². The molecule has 2 rings (SSSR count). The molecule has 1 aliphatic rings. The van der Waals surface area contributed by atoms with Gasteiger partial charge < -0.3 is 16.2 Å². The largest absolute Gasteiger partial charge is 0.388 e. The van der Waals surface area contributed by atoms with Crippen LogP contribution in [0.4, 0.5) is 4.39 Å². The molecule has 0 saturated heterocycles. The first kappa shape index (κ1) is 17.8. The summed E-state index contributed by atoms with van der Waals surface area (Å²) in [6, 6.07) is 6.16. The smallest absolute Gasteiger partial charge is 0.236 e. The molecule has 1 aliphatic carbocycles. The van der Waals surface area contributed by atoms with E-state index in [1.54, 1.807) is 25.1 Å². The SMILES string of the molecule is C=C(N[C@@H](C)c1ccccc1F)S[C@](C)(C(N)=O)C1(O)CCC1. The molecule has 126 valence electrons. The van der Waals surface area contributed by atoms with Crippen molar-refractivity contribution >= 4 is 17.7 Å². The standard InChI is InChI=1S/C17H23FN2O2S/c1-11(13-7-4-5-8-14(13)18)20-12(2)23-16(3,15(19)21)17(22)9-6-10-17/h4-5,7-8,11,20,22H,2,6,9-10H2,1,3H3,(H2,19,21)/t11-,16+/m0/s1. The summed E-state index contributed by atoms with van der Waals surface area (Å²) in [6.07, 6.45) is 1.94. The third kappa shape index (κ3) is 3.38. The van der Waals surface area contributed by atoms with Gasteiger partial charge in [-0.25, -0.2) is 4.39 Å². The lowest BCUT2D eigenvalue weighted by molar-refractivity contribution is -0.133. The van der Waals surface area contributed by atoms with Gasteiger partial charge in [0.05, 0.1) is 16.7 Å². The Morgan fingerprint density at radius 3 is 2.61 bits per heavy atom. The second kappa shape index (κ2) is 6.53. The van der Waals surface area contributed by atoms with Crippen LogP contribution in [0.2, 0.25) is 0 Å². The number of benzene rings is 1. The summed E-state index contributed by atoms with van der Waals surface area (Å²) in [4.78, 5) is 11.9. The molecule has 1 saturated carbocycles. The number of carbonyl (C=O) groups is 1. The Morgan fingerprint density at radius 1 is 1.52 bits per heavy atom. The average molecular weight is 338 g/mol. The highest BCUT2D eigenvalue weighted by Gasteiger charge is 2.55. The van der Waals surface area contributed by atoms with Gasteiger partial charge in [-0.15, -0.1) is 0 Å². The highest BCUT2D eigenvalue weighted by atomic mass is 32.2. The van der Waals surface area contributed by atoms with Crippen molar-refractivity contribution in [2.24, 2.45) is 5.73 Å². The van der Waals surface area contributed by atoms with Crippen molar-refractivity contribution < 1.29 is 14.3 Å². The summed E-state index contributed by atoms with van der Waals surface area (Å²) >= 11 is 1.11. The third-order valence-corrected chi connectivity index (χ3v) is 5.97. The predicted octanol–water partition coefficient (Wildman–Crippen LogP) is 2.84. The van der Waals surface area contributed by atoms with E-state index >= 15 is 0 Å². The minimum absolute atomic E-state index is 0.305. The van der Waals surface area contributed by atoms with Gasteiger partial charge in [0, 0.05) is 5.56 Å². The van der Waals surface area contributed by atoms with Crippen LogP contribution in [0, 0.1) is 5.82 Å². The van der Waals surface area contributed by atoms with E-state index in [-0.39, 0.29) is 11.9 Å². The van der Waals surface area contributed by atoms with Gasteiger partial charge >= 0.3 is 0 Å². The van der Waals surface area contributed by atoms with Crippen LogP contribution in [0.25, 0.3) is 0 Å². The Balaban J connectivity index is 2.08. The van der Waals surface area contributed by atoms with E-state index in [0.29, 0.717) is 23.4 Å². The van der Waals surface area contributed by atoms with Crippen molar-refractivity contribution in [2.75, 3.05) is 0 Å². The normalized spacial score (nSPS) is 20.0. The summed E-state index contributed by atoms with van der Waals surface area (Å²) in [5, 5.41) is 14.1. The molecule has 0 heterocycles. The maximum Gasteiger partial charge on any atom is 0.236 e. The second-order valence-corrected chi connectivity index (χ2v) is 7.71. The fourth-order valence-corrected chi connectivity index (χ4v) is 4.01. The number of halogens is 1. The maximum absolute atomic E-state index is 13.8. The fraction of sp³-hybridized carbons (Fsp3) is 0.471. The van der Waals surface area contributed by atoms with Crippen LogP contribution < -0.4 is 11.1 Å². The van der Waals surface area contributed by atoms with Crippen LogP contribution in [0.5, 0.6) is 0 Å². The molecule has 23 heavy (non-hydrogen) atoms. The monoisotopic (exact) mass is 338 g/mol. The molecule has 4 N–H and O–H groups in total. The molecular weight excluding hydrogens is 315 g/mol. The molecule has 6 heteroatoms. The quantitative estimate of drug-likeness (QED) is 0.715. The van der Waals surface area contributed by atoms with Gasteiger partial charge in [0.15, 0.2) is 0 Å². The van der Waals surface area contributed by atoms with Crippen molar-refractivity contribution in [3.8, 4) is 0 Å². The topological polar surface area (TPSA) is 75.3 Å². The number of nitrogens with one attached hydrogen (secondary N) is 1. The van der Waals surface area contributed by atoms with Crippen molar-refractivity contribution in [1.29, 1.82) is 0 Å². The molecule has 1 amide bonds. The van der Waals surface area contributed by atoms with Gasteiger partial charge in [-0.05, 0) is 39.2 Å². The maximum atomic E-state index is 13.8. The number of hydrogen-bond donors (Lipinski definition) is 3. The van der Waals surface area contributed by atoms with E-state index in [4.69, 9.17) is 5.73 Å². The van der Waals surface area contributed by atoms with Crippen molar-refractivity contribution in [3.05, 3.63) is 47.3 Å². The highest BCUT2D eigenvalue weighted by molar-refractivity contribution is 8.05. The highest BCUT2D eigenvalue weighted by Crippen LogP contribution is 2.49. The first-order valence-corrected chi connectivity index (χ1v) is 8.42. The summed E-state index contributed by atoms with van der Waals surface area (Å²) in [5.74, 6) is -0.883. The van der Waals surface area contributed by atoms with E-state index in [2.05, 4.69) is 11.9 Å². The minimum atomic E-state index is -1.16. The van der Waals surface area contributed by atoms with E-state index in [1.165, 1.54) is 6.07 Å². The Labute approximate surface area is 140 Å². The summed E-state index contributed by atoms with van der Waals surface area (Å²) in [5.41, 5.74) is 4.93.